The van der Waals surface area contributed by atoms with E-state index >= 15 is 0 Å². The summed E-state index contributed by atoms with van der Waals surface area (Å²) in [4.78, 5) is 4.51. The molecule has 1 atom stereocenters. The first-order valence-electron chi connectivity index (χ1n) is 6.62. The monoisotopic (exact) mass is 316 g/mol. The lowest BCUT2D eigenvalue weighted by Gasteiger charge is -2.28. The van der Waals surface area contributed by atoms with Gasteiger partial charge in [0.25, 0.3) is 0 Å². The third-order valence-electron chi connectivity index (χ3n) is 4.16. The molecule has 0 aliphatic heterocycles. The average Bonchev–Trinajstić information content (AvgIpc) is 2.81. The molecule has 1 heterocycles. The molecule has 2 nitrogen and oxygen atoms in total. The quantitative estimate of drug-likeness (QED) is 0.944. The number of pyridine rings is 1. The van der Waals surface area contributed by atoms with E-state index < -0.39 is 0 Å². The van der Waals surface area contributed by atoms with Crippen LogP contribution in [-0.4, -0.2) is 11.5 Å². The van der Waals surface area contributed by atoms with Crippen molar-refractivity contribution in [2.45, 2.75) is 24.7 Å². The second-order valence-electron chi connectivity index (χ2n) is 5.29. The first kappa shape index (κ1) is 12.8. The molecule has 1 aliphatic rings. The number of hydrogen-bond acceptors (Lipinski definition) is 2. The molecule has 0 saturated heterocycles. The fourth-order valence-electron chi connectivity index (χ4n) is 3.09. The van der Waals surface area contributed by atoms with Gasteiger partial charge in [-0.3, -0.25) is 4.98 Å². The molecule has 1 unspecified atom stereocenters. The van der Waals surface area contributed by atoms with Gasteiger partial charge in [0.15, 0.2) is 0 Å². The van der Waals surface area contributed by atoms with E-state index in [0.29, 0.717) is 6.54 Å². The highest BCUT2D eigenvalue weighted by molar-refractivity contribution is 9.10. The molecule has 0 saturated carbocycles. The molecule has 3 rings (SSSR count). The summed E-state index contributed by atoms with van der Waals surface area (Å²) in [6, 6.07) is 12.8. The molecule has 3 heteroatoms. The Morgan fingerprint density at radius 3 is 2.79 bits per heavy atom. The van der Waals surface area contributed by atoms with Gasteiger partial charge in [0.1, 0.15) is 0 Å². The van der Waals surface area contributed by atoms with Gasteiger partial charge in [-0.2, -0.15) is 0 Å². The van der Waals surface area contributed by atoms with Crippen LogP contribution in [0, 0.1) is 0 Å². The molecular weight excluding hydrogens is 300 g/mol. The van der Waals surface area contributed by atoms with E-state index in [-0.39, 0.29) is 5.41 Å². The zero-order valence-corrected chi connectivity index (χ0v) is 12.4. The van der Waals surface area contributed by atoms with Crippen LogP contribution < -0.4 is 5.73 Å². The minimum Gasteiger partial charge on any atom is -0.330 e. The van der Waals surface area contributed by atoms with Gasteiger partial charge >= 0.3 is 0 Å². The fraction of sp³-hybridized carbons (Fsp3) is 0.312. The van der Waals surface area contributed by atoms with E-state index in [1.54, 1.807) is 0 Å². The zero-order valence-electron chi connectivity index (χ0n) is 10.8. The Morgan fingerprint density at radius 1 is 1.21 bits per heavy atom. The van der Waals surface area contributed by atoms with Gasteiger partial charge in [0.2, 0.25) is 0 Å². The highest BCUT2D eigenvalue weighted by Gasteiger charge is 2.37. The van der Waals surface area contributed by atoms with Crippen molar-refractivity contribution in [3.63, 3.8) is 0 Å². The van der Waals surface area contributed by atoms with Gasteiger partial charge in [0.05, 0.1) is 0 Å². The first-order chi connectivity index (χ1) is 9.23. The van der Waals surface area contributed by atoms with Crippen LogP contribution >= 0.6 is 15.9 Å². The van der Waals surface area contributed by atoms with Crippen LogP contribution in [0.3, 0.4) is 0 Å². The molecule has 1 aliphatic carbocycles. The second-order valence-corrected chi connectivity index (χ2v) is 6.20. The third-order valence-corrected chi connectivity index (χ3v) is 4.63. The van der Waals surface area contributed by atoms with Crippen molar-refractivity contribution in [2.24, 2.45) is 5.73 Å². The predicted octanol–water partition coefficient (Wildman–Crippen LogP) is 3.23. The van der Waals surface area contributed by atoms with Crippen LogP contribution in [0.5, 0.6) is 0 Å². The van der Waals surface area contributed by atoms with Gasteiger partial charge in [0, 0.05) is 34.7 Å². The Morgan fingerprint density at radius 2 is 2.05 bits per heavy atom. The summed E-state index contributed by atoms with van der Waals surface area (Å²) >= 11 is 3.43. The molecule has 19 heavy (non-hydrogen) atoms. The van der Waals surface area contributed by atoms with Crippen molar-refractivity contribution >= 4 is 15.9 Å². The van der Waals surface area contributed by atoms with E-state index in [4.69, 9.17) is 5.73 Å². The molecule has 2 aromatic rings. The molecule has 98 valence electrons. The SMILES string of the molecule is NCC1(Cc2ccc(Br)cn2)CCc2ccccc21. The maximum Gasteiger partial charge on any atom is 0.0413 e. The van der Waals surface area contributed by atoms with Crippen LogP contribution in [0.1, 0.15) is 23.2 Å². The standard InChI is InChI=1S/C16H17BrN2/c17-13-5-6-14(19-10-13)9-16(11-18)8-7-12-3-1-2-4-15(12)16/h1-6,10H,7-9,11,18H2. The lowest BCUT2D eigenvalue weighted by atomic mass is 9.78. The average molecular weight is 317 g/mol. The number of fused-ring (bicyclic) bond motifs is 1. The van der Waals surface area contributed by atoms with Crippen molar-refractivity contribution < 1.29 is 0 Å². The first-order valence-corrected chi connectivity index (χ1v) is 7.42. The van der Waals surface area contributed by atoms with E-state index in [1.807, 2.05) is 12.3 Å². The fourth-order valence-corrected chi connectivity index (χ4v) is 3.32. The number of benzene rings is 1. The van der Waals surface area contributed by atoms with Crippen LogP contribution in [-0.2, 0) is 18.3 Å². The van der Waals surface area contributed by atoms with Gasteiger partial charge in [-0.15, -0.1) is 0 Å². The summed E-state index contributed by atoms with van der Waals surface area (Å²) in [5, 5.41) is 0. The Kier molecular flexibility index (Phi) is 3.42. The summed E-state index contributed by atoms with van der Waals surface area (Å²) in [7, 11) is 0. The van der Waals surface area contributed by atoms with Crippen molar-refractivity contribution in [1.82, 2.24) is 4.98 Å². The van der Waals surface area contributed by atoms with E-state index in [2.05, 4.69) is 51.2 Å². The lowest BCUT2D eigenvalue weighted by Crippen LogP contribution is -2.35. The van der Waals surface area contributed by atoms with Gasteiger partial charge in [-0.1, -0.05) is 24.3 Å². The summed E-state index contributed by atoms with van der Waals surface area (Å²) in [6.45, 7) is 0.682. The summed E-state index contributed by atoms with van der Waals surface area (Å²) in [5.74, 6) is 0. The largest absolute Gasteiger partial charge is 0.330 e. The molecule has 0 amide bonds. The lowest BCUT2D eigenvalue weighted by molar-refractivity contribution is 0.427. The highest BCUT2D eigenvalue weighted by atomic mass is 79.9. The van der Waals surface area contributed by atoms with Crippen LogP contribution in [0.2, 0.25) is 0 Å². The van der Waals surface area contributed by atoms with Crippen molar-refractivity contribution in [1.29, 1.82) is 0 Å². The number of rotatable bonds is 3. The Labute approximate surface area is 122 Å². The maximum absolute atomic E-state index is 6.12. The molecule has 2 N–H and O–H groups in total. The highest BCUT2D eigenvalue weighted by Crippen LogP contribution is 2.40. The number of halogens is 1. The normalized spacial score (nSPS) is 21.4. The molecule has 0 spiro atoms. The predicted molar refractivity (Wildman–Crippen MR) is 81.1 cm³/mol. The number of hydrogen-bond donors (Lipinski definition) is 1. The second kappa shape index (κ2) is 5.06. The van der Waals surface area contributed by atoms with Crippen LogP contribution in [0.15, 0.2) is 47.1 Å². The van der Waals surface area contributed by atoms with Crippen molar-refractivity contribution in [3.8, 4) is 0 Å². The van der Waals surface area contributed by atoms with Crippen LogP contribution in [0.25, 0.3) is 0 Å². The maximum atomic E-state index is 6.12. The summed E-state index contributed by atoms with van der Waals surface area (Å²) in [6.07, 6.45) is 5.04. The van der Waals surface area contributed by atoms with E-state index in [0.717, 1.165) is 29.4 Å². The number of aromatic nitrogens is 1. The zero-order chi connectivity index (χ0) is 13.3. The molecule has 0 bridgehead atoms. The minimum atomic E-state index is 0.0669. The van der Waals surface area contributed by atoms with Gasteiger partial charge < -0.3 is 5.73 Å². The Bertz CT molecular complexity index is 580. The van der Waals surface area contributed by atoms with Crippen LogP contribution in [0.4, 0.5) is 0 Å². The smallest absolute Gasteiger partial charge is 0.0413 e. The van der Waals surface area contributed by atoms with Gasteiger partial charge in [-0.05, 0) is 52.0 Å². The molecule has 1 aromatic heterocycles. The summed E-state index contributed by atoms with van der Waals surface area (Å²) < 4.78 is 1.02. The Hall–Kier alpha value is -1.19. The minimum absolute atomic E-state index is 0.0669. The molecule has 0 fully saturated rings. The topological polar surface area (TPSA) is 38.9 Å². The molecule has 1 aromatic carbocycles. The van der Waals surface area contributed by atoms with E-state index in [9.17, 15) is 0 Å². The number of aryl methyl sites for hydroxylation is 1. The summed E-state index contributed by atoms with van der Waals surface area (Å²) in [5.41, 5.74) is 10.2. The third kappa shape index (κ3) is 2.33. The Balaban J connectivity index is 1.95. The van der Waals surface area contributed by atoms with Gasteiger partial charge in [-0.25, -0.2) is 0 Å². The van der Waals surface area contributed by atoms with E-state index in [1.165, 1.54) is 11.1 Å². The van der Waals surface area contributed by atoms with Crippen molar-refractivity contribution in [3.05, 3.63) is 63.9 Å². The number of nitrogens with zero attached hydrogens (tertiary/aromatic N) is 1. The number of nitrogens with two attached hydrogens (primary N) is 1. The molecular formula is C16H17BrN2. The molecule has 0 radical (unpaired) electrons. The van der Waals surface area contributed by atoms with Crippen molar-refractivity contribution in [2.75, 3.05) is 6.54 Å².